The van der Waals surface area contributed by atoms with Gasteiger partial charge in [0.25, 0.3) is 0 Å². The minimum atomic E-state index is 0.377. The molecule has 0 fully saturated rings. The van der Waals surface area contributed by atoms with Crippen molar-refractivity contribution in [1.82, 2.24) is 5.32 Å². The summed E-state index contributed by atoms with van der Waals surface area (Å²) in [7, 11) is 1.70. The van der Waals surface area contributed by atoms with Crippen LogP contribution in [0.2, 0.25) is 0 Å². The Morgan fingerprint density at radius 3 is 2.62 bits per heavy atom. The molecular weight excluding hydrogens is 202 g/mol. The van der Waals surface area contributed by atoms with Crippen LogP contribution in [0.15, 0.2) is 12.1 Å². The summed E-state index contributed by atoms with van der Waals surface area (Å²) in [5.41, 5.74) is 3.30. The number of ether oxygens (including phenoxy) is 1. The van der Waals surface area contributed by atoms with Crippen molar-refractivity contribution in [2.24, 2.45) is 0 Å². The van der Waals surface area contributed by atoms with Crippen LogP contribution in [0.5, 0.6) is 5.75 Å². The first-order chi connectivity index (χ1) is 7.65. The summed E-state index contributed by atoms with van der Waals surface area (Å²) < 4.78 is 4.96. The number of methoxy groups -OCH3 is 1. The molecule has 0 aliphatic carbocycles. The van der Waals surface area contributed by atoms with Crippen LogP contribution in [-0.2, 0) is 11.3 Å². The van der Waals surface area contributed by atoms with E-state index in [0.717, 1.165) is 30.7 Å². The van der Waals surface area contributed by atoms with Crippen molar-refractivity contribution >= 4 is 0 Å². The van der Waals surface area contributed by atoms with E-state index in [-0.39, 0.29) is 0 Å². The van der Waals surface area contributed by atoms with Gasteiger partial charge in [0.2, 0.25) is 0 Å². The smallest absolute Gasteiger partial charge is 0.120 e. The maximum absolute atomic E-state index is 9.75. The van der Waals surface area contributed by atoms with Gasteiger partial charge in [-0.15, -0.1) is 0 Å². The van der Waals surface area contributed by atoms with Crippen LogP contribution in [0.4, 0.5) is 0 Å². The number of hydrogen-bond donors (Lipinski definition) is 2. The fourth-order valence-corrected chi connectivity index (χ4v) is 1.57. The summed E-state index contributed by atoms with van der Waals surface area (Å²) in [6, 6.07) is 3.86. The van der Waals surface area contributed by atoms with Crippen LogP contribution in [0.3, 0.4) is 0 Å². The van der Waals surface area contributed by atoms with Gasteiger partial charge >= 0.3 is 0 Å². The molecule has 3 heteroatoms. The van der Waals surface area contributed by atoms with Crippen molar-refractivity contribution in [3.05, 3.63) is 28.8 Å². The molecule has 0 saturated heterocycles. The Morgan fingerprint density at radius 2 is 1.94 bits per heavy atom. The standard InChI is InChI=1S/C13H21NO2/c1-10-7-12(13(15)8-11(10)2)9-14-5-4-6-16-3/h7-8,14-15H,4-6,9H2,1-3H3. The third kappa shape index (κ3) is 3.83. The first-order valence-corrected chi connectivity index (χ1v) is 5.64. The summed E-state index contributed by atoms with van der Waals surface area (Å²) >= 11 is 0. The number of aromatic hydroxyl groups is 1. The zero-order chi connectivity index (χ0) is 12.0. The fourth-order valence-electron chi connectivity index (χ4n) is 1.57. The van der Waals surface area contributed by atoms with E-state index in [1.807, 2.05) is 19.1 Å². The number of phenols is 1. The van der Waals surface area contributed by atoms with E-state index in [2.05, 4.69) is 12.2 Å². The molecule has 0 atom stereocenters. The van der Waals surface area contributed by atoms with E-state index in [4.69, 9.17) is 4.74 Å². The maximum atomic E-state index is 9.75. The third-order valence-corrected chi connectivity index (χ3v) is 2.71. The average Bonchev–Trinajstić information content (AvgIpc) is 2.25. The molecule has 0 heterocycles. The highest BCUT2D eigenvalue weighted by atomic mass is 16.5. The second-order valence-corrected chi connectivity index (χ2v) is 4.09. The molecule has 1 aromatic rings. The molecule has 0 aliphatic heterocycles. The minimum absolute atomic E-state index is 0.377. The summed E-state index contributed by atoms with van der Waals surface area (Å²) in [5.74, 6) is 0.377. The highest BCUT2D eigenvalue weighted by Gasteiger charge is 2.03. The Bertz CT molecular complexity index is 337. The van der Waals surface area contributed by atoms with Crippen molar-refractivity contribution in [3.8, 4) is 5.75 Å². The molecule has 16 heavy (non-hydrogen) atoms. The Hall–Kier alpha value is -1.06. The Morgan fingerprint density at radius 1 is 1.25 bits per heavy atom. The molecule has 0 amide bonds. The fraction of sp³-hybridized carbons (Fsp3) is 0.538. The molecule has 1 aromatic carbocycles. The molecule has 0 radical (unpaired) electrons. The van der Waals surface area contributed by atoms with Gasteiger partial charge in [0.1, 0.15) is 5.75 Å². The second-order valence-electron chi connectivity index (χ2n) is 4.09. The van der Waals surface area contributed by atoms with Gasteiger partial charge in [0, 0.05) is 25.8 Å². The number of rotatable bonds is 6. The summed E-state index contributed by atoms with van der Waals surface area (Å²) in [5, 5.41) is 13.0. The van der Waals surface area contributed by atoms with Crippen LogP contribution >= 0.6 is 0 Å². The topological polar surface area (TPSA) is 41.5 Å². The zero-order valence-electron chi connectivity index (χ0n) is 10.3. The first kappa shape index (κ1) is 13.0. The predicted molar refractivity (Wildman–Crippen MR) is 65.8 cm³/mol. The van der Waals surface area contributed by atoms with Gasteiger partial charge in [-0.1, -0.05) is 6.07 Å². The quantitative estimate of drug-likeness (QED) is 0.726. The molecule has 0 bridgehead atoms. The van der Waals surface area contributed by atoms with E-state index >= 15 is 0 Å². The van der Waals surface area contributed by atoms with E-state index < -0.39 is 0 Å². The molecule has 3 nitrogen and oxygen atoms in total. The Labute approximate surface area is 97.4 Å². The van der Waals surface area contributed by atoms with Gasteiger partial charge < -0.3 is 15.2 Å². The molecule has 0 saturated carbocycles. The van der Waals surface area contributed by atoms with E-state index in [1.165, 1.54) is 5.56 Å². The van der Waals surface area contributed by atoms with Crippen molar-refractivity contribution in [1.29, 1.82) is 0 Å². The van der Waals surface area contributed by atoms with Crippen molar-refractivity contribution < 1.29 is 9.84 Å². The highest BCUT2D eigenvalue weighted by molar-refractivity contribution is 5.40. The highest BCUT2D eigenvalue weighted by Crippen LogP contribution is 2.21. The van der Waals surface area contributed by atoms with E-state index in [0.29, 0.717) is 12.3 Å². The lowest BCUT2D eigenvalue weighted by atomic mass is 10.1. The maximum Gasteiger partial charge on any atom is 0.120 e. The number of aryl methyl sites for hydroxylation is 2. The van der Waals surface area contributed by atoms with E-state index in [1.54, 1.807) is 7.11 Å². The first-order valence-electron chi connectivity index (χ1n) is 5.64. The van der Waals surface area contributed by atoms with Crippen LogP contribution in [-0.4, -0.2) is 25.4 Å². The SMILES string of the molecule is COCCCNCc1cc(C)c(C)cc1O. The second kappa shape index (κ2) is 6.51. The van der Waals surface area contributed by atoms with Gasteiger partial charge in [-0.3, -0.25) is 0 Å². The average molecular weight is 223 g/mol. The zero-order valence-corrected chi connectivity index (χ0v) is 10.3. The monoisotopic (exact) mass is 223 g/mol. The van der Waals surface area contributed by atoms with Gasteiger partial charge in [-0.25, -0.2) is 0 Å². The Balaban J connectivity index is 2.45. The lowest BCUT2D eigenvalue weighted by Gasteiger charge is -2.09. The molecule has 2 N–H and O–H groups in total. The summed E-state index contributed by atoms with van der Waals surface area (Å²) in [6.45, 7) is 6.44. The van der Waals surface area contributed by atoms with Crippen LogP contribution in [0.25, 0.3) is 0 Å². The lowest BCUT2D eigenvalue weighted by molar-refractivity contribution is 0.194. The predicted octanol–water partition coefficient (Wildman–Crippen LogP) is 2.14. The van der Waals surface area contributed by atoms with Crippen LogP contribution in [0, 0.1) is 13.8 Å². The molecule has 0 spiro atoms. The number of phenolic OH excluding ortho intramolecular Hbond substituents is 1. The molecule has 0 unspecified atom stereocenters. The number of nitrogens with one attached hydrogen (secondary N) is 1. The lowest BCUT2D eigenvalue weighted by Crippen LogP contribution is -2.16. The van der Waals surface area contributed by atoms with Gasteiger partial charge in [-0.2, -0.15) is 0 Å². The Kier molecular flexibility index (Phi) is 5.29. The van der Waals surface area contributed by atoms with Crippen molar-refractivity contribution in [3.63, 3.8) is 0 Å². The summed E-state index contributed by atoms with van der Waals surface area (Å²) in [6.07, 6.45) is 0.988. The minimum Gasteiger partial charge on any atom is -0.508 e. The third-order valence-electron chi connectivity index (χ3n) is 2.71. The molecule has 0 aromatic heterocycles. The normalized spacial score (nSPS) is 10.7. The van der Waals surface area contributed by atoms with Gasteiger partial charge in [-0.05, 0) is 44.0 Å². The molecular formula is C13H21NO2. The van der Waals surface area contributed by atoms with Crippen molar-refractivity contribution in [2.45, 2.75) is 26.8 Å². The molecule has 1 rings (SSSR count). The molecule has 0 aliphatic rings. The van der Waals surface area contributed by atoms with Gasteiger partial charge in [0.05, 0.1) is 0 Å². The van der Waals surface area contributed by atoms with E-state index in [9.17, 15) is 5.11 Å². The molecule has 90 valence electrons. The summed E-state index contributed by atoms with van der Waals surface area (Å²) in [4.78, 5) is 0. The van der Waals surface area contributed by atoms with Gasteiger partial charge in [0.15, 0.2) is 0 Å². The largest absolute Gasteiger partial charge is 0.508 e. The number of benzene rings is 1. The number of hydrogen-bond acceptors (Lipinski definition) is 3. The van der Waals surface area contributed by atoms with Crippen LogP contribution < -0.4 is 5.32 Å². The van der Waals surface area contributed by atoms with Crippen molar-refractivity contribution in [2.75, 3.05) is 20.3 Å². The van der Waals surface area contributed by atoms with Crippen LogP contribution in [0.1, 0.15) is 23.1 Å².